The first-order valence-corrected chi connectivity index (χ1v) is 5.21. The highest BCUT2D eigenvalue weighted by Gasteiger charge is 2.17. The fraction of sp³-hybridized carbons (Fsp3) is 0.750. The molecule has 3 atom stereocenters. The lowest BCUT2D eigenvalue weighted by Gasteiger charge is -2.25. The van der Waals surface area contributed by atoms with Crippen LogP contribution in [0.5, 0.6) is 0 Å². The average Bonchev–Trinajstić information content (AvgIpc) is 1.88. The first-order chi connectivity index (χ1) is 4.83. The van der Waals surface area contributed by atoms with E-state index in [1.54, 1.807) is 0 Å². The lowest BCUT2D eigenvalue weighted by atomic mass is 10.1. The third-order valence-electron chi connectivity index (χ3n) is 1.99. The van der Waals surface area contributed by atoms with E-state index in [0.29, 0.717) is 6.04 Å². The summed E-state index contributed by atoms with van der Waals surface area (Å²) in [5.74, 6) is 0. The van der Waals surface area contributed by atoms with Crippen molar-refractivity contribution in [3.63, 3.8) is 0 Å². The predicted molar refractivity (Wildman–Crippen MR) is 49.0 cm³/mol. The number of nitrogens with two attached hydrogens (primary N) is 1. The van der Waals surface area contributed by atoms with Gasteiger partial charge in [0.1, 0.15) is 0 Å². The van der Waals surface area contributed by atoms with Crippen LogP contribution < -0.4 is 5.73 Å². The average molecular weight is 157 g/mol. The molecular formula is C8H16NP. The van der Waals surface area contributed by atoms with Gasteiger partial charge in [-0.15, -0.1) is 15.2 Å². The Balaban J connectivity index is 2.24. The summed E-state index contributed by atoms with van der Waals surface area (Å²) >= 11 is 0. The third-order valence-corrected chi connectivity index (χ3v) is 3.61. The molecule has 1 heterocycles. The van der Waals surface area contributed by atoms with Crippen LogP contribution in [0.15, 0.2) is 12.7 Å². The van der Waals surface area contributed by atoms with Crippen molar-refractivity contribution in [1.82, 2.24) is 0 Å². The summed E-state index contributed by atoms with van der Waals surface area (Å²) in [4.78, 5) is 0. The summed E-state index contributed by atoms with van der Waals surface area (Å²) in [7, 11) is 1.13. The van der Waals surface area contributed by atoms with Crippen LogP contribution in [0, 0.1) is 0 Å². The first kappa shape index (κ1) is 8.23. The van der Waals surface area contributed by atoms with Crippen molar-refractivity contribution in [3.05, 3.63) is 12.7 Å². The summed E-state index contributed by atoms with van der Waals surface area (Å²) in [5.41, 5.74) is 6.69. The van der Waals surface area contributed by atoms with Crippen LogP contribution in [0.2, 0.25) is 0 Å². The van der Waals surface area contributed by atoms with Gasteiger partial charge in [-0.3, -0.25) is 0 Å². The third kappa shape index (κ3) is 2.40. The van der Waals surface area contributed by atoms with Gasteiger partial charge in [-0.05, 0) is 31.1 Å². The van der Waals surface area contributed by atoms with Gasteiger partial charge in [0.25, 0.3) is 0 Å². The van der Waals surface area contributed by atoms with E-state index in [2.05, 4.69) is 6.58 Å². The maximum absolute atomic E-state index is 5.83. The Bertz CT molecular complexity index is 114. The van der Waals surface area contributed by atoms with Gasteiger partial charge in [0.05, 0.1) is 0 Å². The van der Waals surface area contributed by atoms with Crippen LogP contribution in [-0.2, 0) is 0 Å². The fourth-order valence-electron chi connectivity index (χ4n) is 1.42. The summed E-state index contributed by atoms with van der Waals surface area (Å²) < 4.78 is 0. The summed E-state index contributed by atoms with van der Waals surface area (Å²) in [6, 6.07) is 0.478. The molecular weight excluding hydrogens is 141 g/mol. The van der Waals surface area contributed by atoms with E-state index in [4.69, 9.17) is 5.73 Å². The minimum atomic E-state index is 0.478. The van der Waals surface area contributed by atoms with Crippen molar-refractivity contribution in [2.45, 2.75) is 31.0 Å². The van der Waals surface area contributed by atoms with Gasteiger partial charge in [0.2, 0.25) is 0 Å². The lowest BCUT2D eigenvalue weighted by Crippen LogP contribution is -2.28. The summed E-state index contributed by atoms with van der Waals surface area (Å²) in [5, 5.41) is 0. The minimum absolute atomic E-state index is 0.478. The number of hydrogen-bond donors (Lipinski definition) is 1. The van der Waals surface area contributed by atoms with Crippen LogP contribution in [0.1, 0.15) is 19.3 Å². The van der Waals surface area contributed by atoms with Gasteiger partial charge in [-0.1, -0.05) is 6.08 Å². The zero-order chi connectivity index (χ0) is 7.40. The second kappa shape index (κ2) is 4.10. The highest BCUT2D eigenvalue weighted by atomic mass is 31.1. The molecule has 0 amide bonds. The van der Waals surface area contributed by atoms with Gasteiger partial charge in [0.15, 0.2) is 0 Å². The topological polar surface area (TPSA) is 26.0 Å². The van der Waals surface area contributed by atoms with E-state index in [9.17, 15) is 0 Å². The monoisotopic (exact) mass is 157 g/mol. The molecule has 0 spiro atoms. The van der Waals surface area contributed by atoms with Crippen molar-refractivity contribution in [2.75, 3.05) is 6.16 Å². The van der Waals surface area contributed by atoms with E-state index in [0.717, 1.165) is 14.2 Å². The van der Waals surface area contributed by atoms with Crippen molar-refractivity contribution < 1.29 is 0 Å². The van der Waals surface area contributed by atoms with Crippen molar-refractivity contribution in [2.24, 2.45) is 5.73 Å². The molecule has 58 valence electrons. The van der Waals surface area contributed by atoms with Crippen LogP contribution in [0.4, 0.5) is 0 Å². The SMILES string of the molecule is C=CCC1CC(N)CCP1. The molecule has 1 aliphatic heterocycles. The second-order valence-corrected chi connectivity index (χ2v) is 4.68. The molecule has 0 bridgehead atoms. The van der Waals surface area contributed by atoms with Crippen molar-refractivity contribution >= 4 is 8.58 Å². The zero-order valence-electron chi connectivity index (χ0n) is 6.34. The minimum Gasteiger partial charge on any atom is -0.328 e. The van der Waals surface area contributed by atoms with Crippen LogP contribution in [-0.4, -0.2) is 17.9 Å². The van der Waals surface area contributed by atoms with Gasteiger partial charge in [-0.2, -0.15) is 0 Å². The predicted octanol–water partition coefficient (Wildman–Crippen LogP) is 1.73. The van der Waals surface area contributed by atoms with E-state index in [1.807, 2.05) is 6.08 Å². The number of allylic oxidation sites excluding steroid dienone is 1. The van der Waals surface area contributed by atoms with Gasteiger partial charge < -0.3 is 5.73 Å². The Labute approximate surface area is 64.9 Å². The molecule has 2 heteroatoms. The van der Waals surface area contributed by atoms with E-state index in [1.165, 1.54) is 25.4 Å². The highest BCUT2D eigenvalue weighted by molar-refractivity contribution is 7.39. The quantitative estimate of drug-likeness (QED) is 0.479. The Kier molecular flexibility index (Phi) is 3.37. The van der Waals surface area contributed by atoms with E-state index >= 15 is 0 Å². The Hall–Kier alpha value is 0.130. The molecule has 0 aromatic heterocycles. The highest BCUT2D eigenvalue weighted by Crippen LogP contribution is 2.32. The Morgan fingerprint density at radius 2 is 2.50 bits per heavy atom. The zero-order valence-corrected chi connectivity index (χ0v) is 7.34. The van der Waals surface area contributed by atoms with Gasteiger partial charge in [0, 0.05) is 6.04 Å². The number of hydrogen-bond acceptors (Lipinski definition) is 1. The molecule has 0 saturated carbocycles. The molecule has 1 saturated heterocycles. The molecule has 0 aromatic carbocycles. The Morgan fingerprint density at radius 3 is 3.10 bits per heavy atom. The molecule has 1 nitrogen and oxygen atoms in total. The van der Waals surface area contributed by atoms with Crippen LogP contribution >= 0.6 is 8.58 Å². The maximum atomic E-state index is 5.83. The molecule has 2 N–H and O–H groups in total. The molecule has 1 fully saturated rings. The fourth-order valence-corrected chi connectivity index (χ4v) is 3.17. The van der Waals surface area contributed by atoms with Crippen LogP contribution in [0.25, 0.3) is 0 Å². The van der Waals surface area contributed by atoms with E-state index < -0.39 is 0 Å². The lowest BCUT2D eigenvalue weighted by molar-refractivity contribution is 0.562. The second-order valence-electron chi connectivity index (χ2n) is 2.96. The summed E-state index contributed by atoms with van der Waals surface area (Å²) in [6.07, 6.45) is 7.01. The van der Waals surface area contributed by atoms with Gasteiger partial charge >= 0.3 is 0 Å². The number of rotatable bonds is 2. The molecule has 1 aliphatic rings. The smallest absolute Gasteiger partial charge is 0.00481 e. The molecule has 3 unspecified atom stereocenters. The van der Waals surface area contributed by atoms with Crippen LogP contribution in [0.3, 0.4) is 0 Å². The van der Waals surface area contributed by atoms with Gasteiger partial charge in [-0.25, -0.2) is 0 Å². The molecule has 0 aliphatic carbocycles. The maximum Gasteiger partial charge on any atom is 0.00481 e. The standard InChI is InChI=1S/C8H16NP/c1-2-3-8-6-7(9)4-5-10-8/h2,7-8,10H,1,3-6,9H2. The largest absolute Gasteiger partial charge is 0.328 e. The van der Waals surface area contributed by atoms with E-state index in [-0.39, 0.29) is 0 Å². The first-order valence-electron chi connectivity index (χ1n) is 3.93. The molecule has 1 rings (SSSR count). The molecule has 0 radical (unpaired) electrons. The molecule has 10 heavy (non-hydrogen) atoms. The molecule has 0 aromatic rings. The van der Waals surface area contributed by atoms with Crippen molar-refractivity contribution in [3.8, 4) is 0 Å². The Morgan fingerprint density at radius 1 is 1.70 bits per heavy atom. The summed E-state index contributed by atoms with van der Waals surface area (Å²) in [6.45, 7) is 3.74. The normalized spacial score (nSPS) is 36.1. The van der Waals surface area contributed by atoms with Crippen molar-refractivity contribution in [1.29, 1.82) is 0 Å².